The van der Waals surface area contributed by atoms with Crippen molar-refractivity contribution in [3.63, 3.8) is 0 Å². The molecule has 0 aliphatic carbocycles. The maximum Gasteiger partial charge on any atom is 0.0600 e. The summed E-state index contributed by atoms with van der Waals surface area (Å²) in [6.07, 6.45) is 3.65. The number of nitrogens with zero attached hydrogens (tertiary/aromatic N) is 12. The van der Waals surface area contributed by atoms with Crippen molar-refractivity contribution in [3.05, 3.63) is 392 Å². The van der Waals surface area contributed by atoms with Crippen LogP contribution < -0.4 is 15.3 Å². The van der Waals surface area contributed by atoms with Gasteiger partial charge >= 0.3 is 0 Å². The molecule has 12 nitrogen and oxygen atoms in total. The fourth-order valence-corrected chi connectivity index (χ4v) is 11.7. The number of aryl methyl sites for hydroxylation is 5. The van der Waals surface area contributed by atoms with Gasteiger partial charge in [-0.3, -0.25) is 14.0 Å². The second-order valence-electron chi connectivity index (χ2n) is 28.2. The van der Waals surface area contributed by atoms with Gasteiger partial charge in [-0.15, -0.1) is 91.0 Å². The van der Waals surface area contributed by atoms with Crippen molar-refractivity contribution in [1.82, 2.24) is 59.9 Å². The first-order chi connectivity index (χ1) is 52.8. The van der Waals surface area contributed by atoms with Crippen LogP contribution in [0.2, 0.25) is 0 Å². The predicted molar refractivity (Wildman–Crippen MR) is 441 cm³/mol. The minimum atomic E-state index is 0. The fraction of sp³-hybridized carbons (Fsp3) is 0.134. The molecule has 0 N–H and O–H groups in total. The van der Waals surface area contributed by atoms with Gasteiger partial charge in [-0.1, -0.05) is 233 Å². The van der Waals surface area contributed by atoms with E-state index in [-0.39, 0.29) is 74.0 Å². The summed E-state index contributed by atoms with van der Waals surface area (Å²) in [4.78, 5) is 0. The largest absolute Gasteiger partial charge is 0.619 e. The zero-order valence-electron chi connectivity index (χ0n) is 64.3. The zero-order chi connectivity index (χ0) is 76.1. The summed E-state index contributed by atoms with van der Waals surface area (Å²) in [7, 11) is 0. The summed E-state index contributed by atoms with van der Waals surface area (Å²) in [6, 6.07) is 122. The van der Waals surface area contributed by atoms with E-state index in [2.05, 4.69) is 282 Å². The number of rotatable bonds is 11. The van der Waals surface area contributed by atoms with Crippen LogP contribution in [0.15, 0.2) is 316 Å². The van der Waals surface area contributed by atoms with Gasteiger partial charge in [0, 0.05) is 115 Å². The van der Waals surface area contributed by atoms with E-state index in [1.54, 1.807) is 10.9 Å². The molecule has 0 radical (unpaired) electrons. The molecular formula is C97H85N12Pt3-9. The van der Waals surface area contributed by atoms with E-state index in [0.717, 1.165) is 107 Å². The second-order valence-corrected chi connectivity index (χ2v) is 28.2. The summed E-state index contributed by atoms with van der Waals surface area (Å²) in [5, 5.41) is 38.2. The molecule has 17 rings (SSSR count). The van der Waals surface area contributed by atoms with Crippen LogP contribution in [-0.2, 0) is 74.0 Å². The number of benzene rings is 11. The van der Waals surface area contributed by atoms with Crippen molar-refractivity contribution in [2.24, 2.45) is 0 Å². The zero-order valence-corrected chi connectivity index (χ0v) is 71.2. The van der Waals surface area contributed by atoms with Crippen molar-refractivity contribution in [2.75, 3.05) is 0 Å². The van der Waals surface area contributed by atoms with E-state index >= 15 is 0 Å². The Morgan fingerprint density at radius 3 is 0.884 bits per heavy atom. The van der Waals surface area contributed by atoms with Crippen LogP contribution in [0.1, 0.15) is 81.4 Å². The van der Waals surface area contributed by atoms with Gasteiger partial charge in [0.25, 0.3) is 0 Å². The van der Waals surface area contributed by atoms with Gasteiger partial charge in [-0.05, 0) is 92.1 Å². The van der Waals surface area contributed by atoms with Crippen LogP contribution in [-0.4, -0.2) is 44.6 Å². The van der Waals surface area contributed by atoms with Crippen molar-refractivity contribution in [3.8, 4) is 106 Å². The van der Waals surface area contributed by atoms with Crippen LogP contribution in [0.3, 0.4) is 0 Å². The Hall–Kier alpha value is -11.3. The van der Waals surface area contributed by atoms with E-state index in [4.69, 9.17) is 0 Å². The Kier molecular flexibility index (Phi) is 30.7. The number of hydrogen-bond donors (Lipinski definition) is 0. The van der Waals surface area contributed by atoms with Crippen LogP contribution >= 0.6 is 0 Å². The number of hydrogen-bond acceptors (Lipinski definition) is 6. The smallest absolute Gasteiger partial charge is 0.0600 e. The molecule has 0 fully saturated rings. The van der Waals surface area contributed by atoms with E-state index < -0.39 is 0 Å². The predicted octanol–water partition coefficient (Wildman–Crippen LogP) is 22.0. The van der Waals surface area contributed by atoms with E-state index in [0.29, 0.717) is 0 Å². The Bertz CT molecular complexity index is 5470. The Balaban J connectivity index is 0.000000158. The maximum atomic E-state index is 4.37. The maximum absolute atomic E-state index is 4.37. The monoisotopic (exact) mass is 2000 g/mol. The van der Waals surface area contributed by atoms with Gasteiger partial charge in [0.1, 0.15) is 0 Å². The molecule has 0 aliphatic rings. The summed E-state index contributed by atoms with van der Waals surface area (Å²) in [5.41, 5.74) is 27.8. The molecule has 112 heavy (non-hydrogen) atoms. The molecule has 0 bridgehead atoms. The number of aromatic nitrogens is 12. The second kappa shape index (κ2) is 40.6. The Morgan fingerprint density at radius 1 is 0.295 bits per heavy atom. The summed E-state index contributed by atoms with van der Waals surface area (Å²) < 4.78 is 5.57. The molecule has 0 saturated heterocycles. The molecule has 15 heteroatoms. The molecule has 11 aromatic carbocycles. The average molecular weight is 2000 g/mol. The molecule has 6 aromatic heterocycles. The third-order valence-corrected chi connectivity index (χ3v) is 17.6. The standard InChI is InChI=1S/C25H22N2.C22H16N2.C19H18N2.2C11H11N2.C9H7N2.3Pt/c1-25(2,3)24-17-23(26-27-24)22-15-13-21(14-16-22)20-11-9-19(10-12-20)18-7-5-4-6-8-18;1-16-15-22(24-23-16)21-13-11-20(12-14-21)19-9-7-18(8-10-19)17-5-3-2-4-6-17;1-19(2,3)18-13-17(20-21-18)16-11-9-15(10-12-16)14-7-5-4-6-8-14;2*1-9-8-10(2)13(12-9)11-6-4-3-5-7-11;1-2-5-9(6-3-1)11-8-4-7-10-11;;;/h4-15,17H,1-3H3;2-13,15H,1H3;4-11,13H,1-3H3;2*3-6,8H,1-2H3;1-5,7-8H;;;/q3*-2;3*-1;;;. The van der Waals surface area contributed by atoms with Gasteiger partial charge in [0.2, 0.25) is 0 Å². The quantitative estimate of drug-likeness (QED) is 0.116. The molecule has 0 aliphatic heterocycles. The van der Waals surface area contributed by atoms with Crippen LogP contribution in [0.4, 0.5) is 0 Å². The van der Waals surface area contributed by atoms with E-state index in [1.165, 1.54) is 38.9 Å². The molecule has 0 saturated carbocycles. The third kappa shape index (κ3) is 23.4. The molecule has 17 aromatic rings. The van der Waals surface area contributed by atoms with E-state index in [1.807, 2.05) is 196 Å². The van der Waals surface area contributed by atoms with Gasteiger partial charge in [0.15, 0.2) is 0 Å². The van der Waals surface area contributed by atoms with Crippen molar-refractivity contribution in [1.29, 1.82) is 0 Å². The first kappa shape index (κ1) is 84.8. The van der Waals surface area contributed by atoms with Crippen molar-refractivity contribution < 1.29 is 63.2 Å². The molecule has 6 heterocycles. The summed E-state index contributed by atoms with van der Waals surface area (Å²) in [6.45, 7) is 22.9. The molecule has 0 unspecified atom stereocenters. The molecule has 0 atom stereocenters. The molecule has 0 spiro atoms. The minimum Gasteiger partial charge on any atom is -0.619 e. The summed E-state index contributed by atoms with van der Waals surface area (Å²) >= 11 is 0. The third-order valence-electron chi connectivity index (χ3n) is 17.6. The van der Waals surface area contributed by atoms with Crippen molar-refractivity contribution in [2.45, 2.75) is 87.0 Å². The van der Waals surface area contributed by atoms with Crippen LogP contribution in [0.5, 0.6) is 0 Å². The Labute approximate surface area is 702 Å². The summed E-state index contributed by atoms with van der Waals surface area (Å²) in [5.74, 6) is 0. The SMILES string of the molecule is CC(C)(C)c1cc(-c2[c-]cc(-c3ccc(-c4ccccc4)cc3)cc2)[n-]n1.CC(C)(C)c1cc(-c2[c-]cc(-c3ccccc3)cc2)[n-]n1.Cc1cc(-c2[c-]cc(-c3ccc(-c4ccccc4)cc3)cc2)[n-]n1.Cc1cc(C)n(-c2[c-]cccc2)n1.Cc1cc(C)n(-c2[c-]cccc2)n1.[Pt].[Pt].[Pt].[c-]1ccccc1-n1cccn1. The van der Waals surface area contributed by atoms with Crippen LogP contribution in [0, 0.1) is 71.0 Å². The Morgan fingerprint density at radius 2 is 0.607 bits per heavy atom. The minimum absolute atomic E-state index is 0. The van der Waals surface area contributed by atoms with Gasteiger partial charge in [-0.2, -0.15) is 105 Å². The molecular weight excluding hydrogens is 1920 g/mol. The average Bonchev–Trinajstić information content (AvgIpc) is 1.43. The van der Waals surface area contributed by atoms with Crippen LogP contribution in [0.25, 0.3) is 106 Å². The van der Waals surface area contributed by atoms with Gasteiger partial charge in [-0.25, -0.2) is 17.1 Å². The first-order valence-electron chi connectivity index (χ1n) is 36.2. The molecule has 0 amide bonds. The fourth-order valence-electron chi connectivity index (χ4n) is 11.7. The van der Waals surface area contributed by atoms with Gasteiger partial charge < -0.3 is 30.6 Å². The van der Waals surface area contributed by atoms with Crippen molar-refractivity contribution >= 4 is 0 Å². The van der Waals surface area contributed by atoms with Gasteiger partial charge in [0.05, 0.1) is 11.4 Å². The topological polar surface area (TPSA) is 134 Å². The number of para-hydroxylation sites is 3. The van der Waals surface area contributed by atoms with E-state index in [9.17, 15) is 0 Å². The normalized spacial score (nSPS) is 10.6. The first-order valence-corrected chi connectivity index (χ1v) is 36.2. The molecule has 572 valence electrons.